The Morgan fingerprint density at radius 2 is 1.46 bits per heavy atom. The third-order valence-electron chi connectivity index (χ3n) is 4.55. The van der Waals surface area contributed by atoms with E-state index in [1.165, 1.54) is 4.90 Å². The van der Waals surface area contributed by atoms with E-state index in [1.54, 1.807) is 19.3 Å². The topological polar surface area (TPSA) is 113 Å². The predicted molar refractivity (Wildman–Crippen MR) is 142 cm³/mol. The molecule has 1 amide bonds. The fourth-order valence-corrected chi connectivity index (χ4v) is 3.16. The quantitative estimate of drug-likeness (QED) is 0.261. The third-order valence-corrected chi connectivity index (χ3v) is 5.14. The molecule has 0 N–H and O–H groups in total. The standard InChI is InChI=1S/C26H36N2O8S/c1-26(2,3)36-25(29)28(4)23-11-8-21(9-12-23)6-7-22-10-13-24(27-20-22)34-18-16-32-14-15-33-17-19-35-37(5,30)31/h6-13,20H,14-19H2,1-5H3/b7-6+. The van der Waals surface area contributed by atoms with Crippen molar-refractivity contribution < 1.29 is 36.3 Å². The number of carbonyl (C=O) groups is 1. The maximum atomic E-state index is 12.2. The summed E-state index contributed by atoms with van der Waals surface area (Å²) in [6, 6.07) is 11.2. The van der Waals surface area contributed by atoms with Gasteiger partial charge in [0.15, 0.2) is 0 Å². The van der Waals surface area contributed by atoms with Gasteiger partial charge in [0, 0.05) is 25.0 Å². The molecule has 2 aromatic rings. The molecule has 0 aliphatic carbocycles. The highest BCUT2D eigenvalue weighted by Gasteiger charge is 2.20. The summed E-state index contributed by atoms with van der Waals surface area (Å²) in [5.41, 5.74) is 2.08. The summed E-state index contributed by atoms with van der Waals surface area (Å²) < 4.78 is 47.7. The number of hydrogen-bond donors (Lipinski definition) is 0. The smallest absolute Gasteiger partial charge is 0.414 e. The first kappa shape index (κ1) is 30.2. The van der Waals surface area contributed by atoms with Gasteiger partial charge in [0.1, 0.15) is 12.2 Å². The van der Waals surface area contributed by atoms with E-state index in [1.807, 2.05) is 63.3 Å². The molecule has 204 valence electrons. The van der Waals surface area contributed by atoms with Crippen LogP contribution in [0.4, 0.5) is 10.5 Å². The van der Waals surface area contributed by atoms with Gasteiger partial charge in [0.05, 0.1) is 39.3 Å². The van der Waals surface area contributed by atoms with Gasteiger partial charge in [-0.25, -0.2) is 9.78 Å². The van der Waals surface area contributed by atoms with E-state index in [-0.39, 0.29) is 13.2 Å². The zero-order valence-corrected chi connectivity index (χ0v) is 22.8. The number of anilines is 1. The van der Waals surface area contributed by atoms with Gasteiger partial charge in [0.25, 0.3) is 10.1 Å². The highest BCUT2D eigenvalue weighted by atomic mass is 32.2. The number of rotatable bonds is 14. The Labute approximate surface area is 219 Å². The molecule has 11 heteroatoms. The van der Waals surface area contributed by atoms with Crippen molar-refractivity contribution in [3.05, 3.63) is 53.7 Å². The number of benzene rings is 1. The van der Waals surface area contributed by atoms with Crippen LogP contribution < -0.4 is 9.64 Å². The minimum atomic E-state index is -3.44. The number of nitrogens with zero attached hydrogens (tertiary/aromatic N) is 2. The maximum absolute atomic E-state index is 12.2. The molecule has 0 radical (unpaired) electrons. The molecular formula is C26H36N2O8S. The van der Waals surface area contributed by atoms with Crippen LogP contribution >= 0.6 is 0 Å². The number of carbonyl (C=O) groups excluding carboxylic acids is 1. The van der Waals surface area contributed by atoms with Crippen LogP contribution in [-0.2, 0) is 28.5 Å². The Kier molecular flexibility index (Phi) is 12.0. The van der Waals surface area contributed by atoms with Crippen LogP contribution in [-0.4, -0.2) is 78.0 Å². The Balaban J connectivity index is 1.67. The van der Waals surface area contributed by atoms with Crippen molar-refractivity contribution in [1.29, 1.82) is 0 Å². The van der Waals surface area contributed by atoms with Crippen LogP contribution in [0.3, 0.4) is 0 Å². The molecule has 37 heavy (non-hydrogen) atoms. The second-order valence-corrected chi connectivity index (χ2v) is 10.6. The van der Waals surface area contributed by atoms with Gasteiger partial charge in [-0.2, -0.15) is 8.42 Å². The lowest BCUT2D eigenvalue weighted by Crippen LogP contribution is -2.34. The first-order chi connectivity index (χ1) is 17.4. The first-order valence-electron chi connectivity index (χ1n) is 11.8. The van der Waals surface area contributed by atoms with Crippen molar-refractivity contribution in [1.82, 2.24) is 4.98 Å². The number of amides is 1. The Hall–Kier alpha value is -2.99. The highest BCUT2D eigenvalue weighted by Crippen LogP contribution is 2.19. The summed E-state index contributed by atoms with van der Waals surface area (Å²) in [6.07, 6.45) is 6.19. The molecule has 0 aliphatic heterocycles. The van der Waals surface area contributed by atoms with Crippen molar-refractivity contribution in [2.24, 2.45) is 0 Å². The van der Waals surface area contributed by atoms with E-state index < -0.39 is 21.8 Å². The first-order valence-corrected chi connectivity index (χ1v) is 13.6. The molecule has 0 bridgehead atoms. The van der Waals surface area contributed by atoms with Crippen molar-refractivity contribution in [2.45, 2.75) is 26.4 Å². The van der Waals surface area contributed by atoms with Gasteiger partial charge in [-0.3, -0.25) is 9.08 Å². The molecule has 0 fully saturated rings. The van der Waals surface area contributed by atoms with E-state index in [2.05, 4.69) is 9.17 Å². The zero-order chi connectivity index (χ0) is 27.3. The number of hydrogen-bond acceptors (Lipinski definition) is 9. The predicted octanol–water partition coefficient (Wildman–Crippen LogP) is 4.01. The average Bonchev–Trinajstić information content (AvgIpc) is 2.82. The lowest BCUT2D eigenvalue weighted by atomic mass is 10.1. The molecule has 0 saturated carbocycles. The van der Waals surface area contributed by atoms with Crippen LogP contribution in [0.15, 0.2) is 42.6 Å². The largest absolute Gasteiger partial charge is 0.475 e. The van der Waals surface area contributed by atoms with Crippen molar-refractivity contribution in [3.63, 3.8) is 0 Å². The van der Waals surface area contributed by atoms with Crippen LogP contribution in [0.2, 0.25) is 0 Å². The van der Waals surface area contributed by atoms with Crippen LogP contribution in [0, 0.1) is 0 Å². The molecular weight excluding hydrogens is 500 g/mol. The lowest BCUT2D eigenvalue weighted by molar-refractivity contribution is 0.0276. The van der Waals surface area contributed by atoms with Gasteiger partial charge in [-0.05, 0) is 50.1 Å². The normalized spacial score (nSPS) is 12.0. The van der Waals surface area contributed by atoms with Gasteiger partial charge >= 0.3 is 6.09 Å². The van der Waals surface area contributed by atoms with Gasteiger partial charge < -0.3 is 18.9 Å². The van der Waals surface area contributed by atoms with Crippen molar-refractivity contribution in [3.8, 4) is 5.88 Å². The summed E-state index contributed by atoms with van der Waals surface area (Å²) in [7, 11) is -1.76. The van der Waals surface area contributed by atoms with Crippen LogP contribution in [0.25, 0.3) is 12.2 Å². The second kappa shape index (κ2) is 14.7. The summed E-state index contributed by atoms with van der Waals surface area (Å²) in [4.78, 5) is 18.0. The minimum Gasteiger partial charge on any atom is -0.475 e. The zero-order valence-electron chi connectivity index (χ0n) is 22.0. The molecule has 0 atom stereocenters. The molecule has 1 aromatic carbocycles. The van der Waals surface area contributed by atoms with Crippen molar-refractivity contribution >= 4 is 34.1 Å². The van der Waals surface area contributed by atoms with Gasteiger partial charge in [-0.1, -0.05) is 24.3 Å². The molecule has 0 aliphatic rings. The number of pyridine rings is 1. The summed E-state index contributed by atoms with van der Waals surface area (Å²) >= 11 is 0. The van der Waals surface area contributed by atoms with E-state index in [9.17, 15) is 13.2 Å². The lowest BCUT2D eigenvalue weighted by Gasteiger charge is -2.24. The molecule has 0 saturated heterocycles. The second-order valence-electron chi connectivity index (χ2n) is 8.99. The van der Waals surface area contributed by atoms with Crippen LogP contribution in [0.1, 0.15) is 31.9 Å². The summed E-state index contributed by atoms with van der Waals surface area (Å²) in [5.74, 6) is 0.490. The van der Waals surface area contributed by atoms with Crippen LogP contribution in [0.5, 0.6) is 5.88 Å². The van der Waals surface area contributed by atoms with E-state index in [0.717, 1.165) is 23.1 Å². The fourth-order valence-electron chi connectivity index (χ4n) is 2.78. The van der Waals surface area contributed by atoms with Gasteiger partial charge in [-0.15, -0.1) is 0 Å². The summed E-state index contributed by atoms with van der Waals surface area (Å²) in [6.45, 7) is 7.05. The number of ether oxygens (including phenoxy) is 4. The Bertz CT molecular complexity index is 1090. The fraction of sp³-hybridized carbons (Fsp3) is 0.462. The average molecular weight is 537 g/mol. The molecule has 2 rings (SSSR count). The SMILES string of the molecule is CN(C(=O)OC(C)(C)C)c1ccc(/C=C/c2ccc(OCCOCCOCCOS(C)(=O)=O)nc2)cc1. The minimum absolute atomic E-state index is 0.0154. The third kappa shape index (κ3) is 13.2. The van der Waals surface area contributed by atoms with E-state index in [4.69, 9.17) is 18.9 Å². The van der Waals surface area contributed by atoms with Gasteiger partial charge in [0.2, 0.25) is 5.88 Å². The Morgan fingerprint density at radius 3 is 2.03 bits per heavy atom. The van der Waals surface area contributed by atoms with E-state index in [0.29, 0.717) is 32.3 Å². The molecule has 0 spiro atoms. The maximum Gasteiger partial charge on any atom is 0.414 e. The summed E-state index contributed by atoms with van der Waals surface area (Å²) in [5, 5.41) is 0. The van der Waals surface area contributed by atoms with Crippen molar-refractivity contribution in [2.75, 3.05) is 57.8 Å². The molecule has 1 aromatic heterocycles. The molecule has 1 heterocycles. The highest BCUT2D eigenvalue weighted by molar-refractivity contribution is 7.85. The van der Waals surface area contributed by atoms with E-state index >= 15 is 0 Å². The number of aromatic nitrogens is 1. The molecule has 10 nitrogen and oxygen atoms in total. The Morgan fingerprint density at radius 1 is 0.892 bits per heavy atom. The monoisotopic (exact) mass is 536 g/mol. The molecule has 0 unspecified atom stereocenters.